The minimum absolute atomic E-state index is 0.00104. The van der Waals surface area contributed by atoms with Crippen LogP contribution in [-0.2, 0) is 99.2 Å². The van der Waals surface area contributed by atoms with Crippen molar-refractivity contribution in [2.24, 2.45) is 0 Å². The number of aryl methyl sites for hydroxylation is 1. The fourth-order valence-corrected chi connectivity index (χ4v) is 33.3. The summed E-state index contributed by atoms with van der Waals surface area (Å²) >= 11 is 0. The molecular weight excluding hydrogens is 1870 g/mol. The minimum Gasteiger partial charge on any atom is -0.468 e. The van der Waals surface area contributed by atoms with Crippen LogP contribution in [0.3, 0.4) is 0 Å². The van der Waals surface area contributed by atoms with E-state index in [1.807, 2.05) is 149 Å². The van der Waals surface area contributed by atoms with E-state index in [1.165, 1.54) is 19.2 Å². The molecule has 0 spiro atoms. The molecule has 7 aromatic carbocycles. The Kier molecular flexibility index (Phi) is 51.5. The summed E-state index contributed by atoms with van der Waals surface area (Å²) in [4.78, 5) is -0.167. The zero-order valence-electron chi connectivity index (χ0n) is 77.1. The average Bonchev–Trinajstić information content (AvgIpc) is 0.766. The zero-order chi connectivity index (χ0) is 96.4. The second-order valence-electron chi connectivity index (χ2n) is 31.6. The van der Waals surface area contributed by atoms with Gasteiger partial charge >= 0.3 is 17.1 Å². The van der Waals surface area contributed by atoms with Crippen LogP contribution in [0.2, 0.25) is 89.6 Å². The number of benzene rings is 7. The molecule has 0 aliphatic heterocycles. The van der Waals surface area contributed by atoms with Crippen molar-refractivity contribution in [1.29, 1.82) is 0 Å². The fourth-order valence-electron chi connectivity index (χ4n) is 12.6. The van der Waals surface area contributed by atoms with E-state index in [-0.39, 0.29) is 51.8 Å². The first kappa shape index (κ1) is 117. The molecule has 0 aliphatic carbocycles. The fraction of sp³-hybridized carbons (Fsp3) is 0.494. The molecule has 0 amide bonds. The van der Waals surface area contributed by atoms with Gasteiger partial charge in [-0.05, 0) is 279 Å². The van der Waals surface area contributed by atoms with Gasteiger partial charge in [0.1, 0.15) is 16.5 Å². The van der Waals surface area contributed by atoms with Crippen LogP contribution >= 0.6 is 0 Å². The second-order valence-corrected chi connectivity index (χ2v) is 67.0. The predicted octanol–water partition coefficient (Wildman–Crippen LogP) is 20.0. The van der Waals surface area contributed by atoms with E-state index in [4.69, 9.17) is 44.9 Å². The molecule has 0 radical (unpaired) electrons. The van der Waals surface area contributed by atoms with Crippen LogP contribution in [0.5, 0.6) is 5.75 Å². The SMILES string of the molecule is CCO[Si](C)(/C=C/CS(=O)(=O)c1ccc2ccccc2c1)OCC.CCO[Si](C)(C)/C=C/CS(=O)(=O)c1ccc(OCOC)cc1.CCO[Si](C)(C)CCCS(=O)(=O)c1c(F)c(F)c(F)c(F)c1F.CCO[Si](C)(C)CCCS(=O)(=O)c1ccc(C)cc1.CCO[Si](C)(C)CCCS(=O)(=O)c1ccccc1.CCO[Si](C)(CCCS(=O)(=O)c1ccc(F)cc1)OCC. The maximum atomic E-state index is 13.6. The molecule has 0 heterocycles. The third-order valence-corrected chi connectivity index (χ3v) is 44.9. The third kappa shape index (κ3) is 43.7. The number of ether oxygens (including phenoxy) is 2. The van der Waals surface area contributed by atoms with Crippen molar-refractivity contribution in [1.82, 2.24) is 0 Å². The third-order valence-electron chi connectivity index (χ3n) is 18.8. The van der Waals surface area contributed by atoms with Crippen LogP contribution < -0.4 is 4.74 Å². The lowest BCUT2D eigenvalue weighted by molar-refractivity contribution is 0.0511. The van der Waals surface area contributed by atoms with E-state index in [0.29, 0.717) is 105 Å². The molecule has 0 atom stereocenters. The van der Waals surface area contributed by atoms with Gasteiger partial charge in [-0.1, -0.05) is 84.1 Å². The summed E-state index contributed by atoms with van der Waals surface area (Å²) in [6, 6.07) is 42.6. The van der Waals surface area contributed by atoms with Gasteiger partial charge in [0.15, 0.2) is 114 Å². The smallest absolute Gasteiger partial charge is 0.361 e. The molecule has 0 saturated carbocycles. The van der Waals surface area contributed by atoms with Crippen LogP contribution in [-0.4, -0.2) is 202 Å². The van der Waals surface area contributed by atoms with Crippen molar-refractivity contribution in [3.8, 4) is 5.75 Å². The Morgan fingerprint density at radius 1 is 0.331 bits per heavy atom. The molecule has 0 aliphatic rings. The normalized spacial score (nSPS) is 12.7. The molecule has 716 valence electrons. The van der Waals surface area contributed by atoms with E-state index in [9.17, 15) is 76.8 Å². The lowest BCUT2D eigenvalue weighted by Gasteiger charge is -2.25. The van der Waals surface area contributed by atoms with Crippen LogP contribution in [0.15, 0.2) is 199 Å². The molecule has 0 aromatic heterocycles. The van der Waals surface area contributed by atoms with Gasteiger partial charge in [0.2, 0.25) is 14.1 Å². The second kappa shape index (κ2) is 55.7. The molecule has 0 N–H and O–H groups in total. The first-order valence-electron chi connectivity index (χ1n) is 42.0. The Morgan fingerprint density at radius 3 is 1.09 bits per heavy atom. The Hall–Kier alpha value is -5.70. The molecule has 0 bridgehead atoms. The summed E-state index contributed by atoms with van der Waals surface area (Å²) in [6.45, 7) is 42.2. The lowest BCUT2D eigenvalue weighted by Crippen LogP contribution is -2.39. The number of hydrogen-bond donors (Lipinski definition) is 0. The van der Waals surface area contributed by atoms with Crippen LogP contribution in [0.25, 0.3) is 10.8 Å². The van der Waals surface area contributed by atoms with Gasteiger partial charge in [-0.3, -0.25) is 0 Å². The van der Waals surface area contributed by atoms with E-state index >= 15 is 0 Å². The predicted molar refractivity (Wildman–Crippen MR) is 508 cm³/mol. The molecule has 40 heteroatoms. The van der Waals surface area contributed by atoms with Crippen LogP contribution in [0.1, 0.15) is 86.6 Å². The molecular formula is C87H134F6O22S6Si6. The van der Waals surface area contributed by atoms with Crippen molar-refractivity contribution in [2.75, 3.05) is 101 Å². The minimum atomic E-state index is -4.65. The highest BCUT2D eigenvalue weighted by atomic mass is 32.2. The summed E-state index contributed by atoms with van der Waals surface area (Å²) in [7, 11) is -31.6. The topological polar surface area (TPSA) is 297 Å². The first-order chi connectivity index (χ1) is 59.1. The number of methoxy groups -OCH3 is 1. The van der Waals surface area contributed by atoms with Crippen molar-refractivity contribution in [2.45, 2.75) is 207 Å². The van der Waals surface area contributed by atoms with Gasteiger partial charge in [-0.15, -0.1) is 0 Å². The largest absolute Gasteiger partial charge is 0.468 e. The van der Waals surface area contributed by atoms with Gasteiger partial charge in [-0.25, -0.2) is 76.8 Å². The highest BCUT2D eigenvalue weighted by Crippen LogP contribution is 2.31. The average molecular weight is 2010 g/mol. The van der Waals surface area contributed by atoms with Crippen LogP contribution in [0, 0.1) is 41.8 Å². The summed E-state index contributed by atoms with van der Waals surface area (Å²) in [5.41, 5.74) is 4.78. The Balaban J connectivity index is 0.000000517. The molecule has 7 aromatic rings. The summed E-state index contributed by atoms with van der Waals surface area (Å²) < 4.78 is 281. The van der Waals surface area contributed by atoms with Gasteiger partial charge in [0.25, 0.3) is 0 Å². The Morgan fingerprint density at radius 2 is 0.669 bits per heavy atom. The van der Waals surface area contributed by atoms with Gasteiger partial charge in [0, 0.05) is 60.0 Å². The van der Waals surface area contributed by atoms with Crippen molar-refractivity contribution in [3.63, 3.8) is 0 Å². The molecule has 22 nitrogen and oxygen atoms in total. The highest BCUT2D eigenvalue weighted by molar-refractivity contribution is 7.93. The number of hydrogen-bond acceptors (Lipinski definition) is 22. The van der Waals surface area contributed by atoms with Crippen molar-refractivity contribution in [3.05, 3.63) is 210 Å². The Labute approximate surface area is 759 Å². The van der Waals surface area contributed by atoms with Gasteiger partial charge in [-0.2, -0.15) is 0 Å². The maximum Gasteiger partial charge on any atom is 0.361 e. The van der Waals surface area contributed by atoms with Gasteiger partial charge in [0.05, 0.1) is 59.0 Å². The van der Waals surface area contributed by atoms with Crippen molar-refractivity contribution >= 4 is 120 Å². The van der Waals surface area contributed by atoms with Crippen molar-refractivity contribution < 1.29 is 122 Å². The number of fused-ring (bicyclic) bond motifs is 1. The van der Waals surface area contributed by atoms with Crippen LogP contribution in [0.4, 0.5) is 26.3 Å². The molecule has 0 unspecified atom stereocenters. The molecule has 7 rings (SSSR count). The first-order valence-corrected chi connectivity index (χ1v) is 69.2. The lowest BCUT2D eigenvalue weighted by atomic mass is 10.1. The summed E-state index contributed by atoms with van der Waals surface area (Å²) in [5, 5.41) is 1.95. The molecule has 0 saturated heterocycles. The summed E-state index contributed by atoms with van der Waals surface area (Å²) in [6.07, 6.45) is 5.17. The van der Waals surface area contributed by atoms with E-state index in [2.05, 4.69) is 26.2 Å². The number of rotatable bonds is 47. The number of sulfone groups is 6. The summed E-state index contributed by atoms with van der Waals surface area (Å²) in [5.74, 6) is -11.9. The highest BCUT2D eigenvalue weighted by Gasteiger charge is 2.36. The standard InChI is InChI=1S/C18H24O4SSi.C15H24O5SSi.C14H23FO4SSi.C14H24O3SSi.C13H17F5O3SSi.C13H22O3SSi/c1-4-21-24(3,22-5-2)14-8-13-23(19,20)18-12-11-16-9-6-7-10-17(16)15-18;1-5-20-22(3,4)12-6-11-21(16,17)15-9-7-14(8-10-15)19-13-18-2;1-4-18-21(3,19-5-2)12-6-11-20(16,17)14-9-7-13(15)8-10-14;1-5-17-19(3,4)12-6-11-18(15,16)14-9-7-13(2)8-10-14;1-4-21-23(2,3)7-5-6-22(19,20)13-11(17)9(15)8(14)10(16)12(13)18;1-4-16-18(2,3)12-8-11-17(14,15)13-9-6-5-7-10-13/h6-12,14-15H,4-5,13H2,1-3H3;6-10,12H,5,11,13H2,1-4H3;7-10H,4-6,11-12H2,1-3H3;7-10H,5-6,11-12H2,1-4H3;4-7H2,1-3H3;5-7,9-10H,4,8,11-12H2,1-3H3/b14-8+;12-6+;;;;. The molecule has 0 fully saturated rings. The quantitative estimate of drug-likeness (QED) is 0.00854. The Bertz CT molecular complexity index is 5200. The van der Waals surface area contributed by atoms with E-state index in [0.717, 1.165) is 40.6 Å². The van der Waals surface area contributed by atoms with E-state index in [1.54, 1.807) is 97.6 Å². The van der Waals surface area contributed by atoms with E-state index < -0.39 is 155 Å². The monoisotopic (exact) mass is 2000 g/mol. The number of halogens is 6. The zero-order valence-corrected chi connectivity index (χ0v) is 88.0. The molecule has 127 heavy (non-hydrogen) atoms. The maximum absolute atomic E-state index is 13.6. The van der Waals surface area contributed by atoms with Gasteiger partial charge < -0.3 is 44.9 Å².